The van der Waals surface area contributed by atoms with Crippen LogP contribution in [0.5, 0.6) is 0 Å². The Hall–Kier alpha value is -4.46. The number of imidazole rings is 1. The highest BCUT2D eigenvalue weighted by Gasteiger charge is 2.31. The van der Waals surface area contributed by atoms with Crippen LogP contribution in [0.3, 0.4) is 0 Å². The second-order valence-electron chi connectivity index (χ2n) is 9.42. The van der Waals surface area contributed by atoms with Crippen LogP contribution in [0.2, 0.25) is 0 Å². The van der Waals surface area contributed by atoms with Gasteiger partial charge in [0.05, 0.1) is 22.3 Å². The first-order valence-corrected chi connectivity index (χ1v) is 12.2. The highest BCUT2D eigenvalue weighted by molar-refractivity contribution is 6.00. The molecule has 190 valence electrons. The standard InChI is InChI=1S/C26H26N6O5/c1-29-24-18(6-3-7-20(24)31(26(29)35)21-9-11-23(33)28-25(21)34)5-2-4-17-12-14-30(15-13-17)19-8-10-22(27-16-19)32(36)37/h3,6-8,10,16-17,21H,4,9,11-15H2,1H3,(H,28,33,34). The second-order valence-corrected chi connectivity index (χ2v) is 9.42. The number of nitrogens with one attached hydrogen (secondary N) is 1. The van der Waals surface area contributed by atoms with Gasteiger partial charge in [-0.05, 0) is 53.3 Å². The molecule has 4 heterocycles. The van der Waals surface area contributed by atoms with Gasteiger partial charge in [0.15, 0.2) is 6.20 Å². The molecule has 2 aliphatic heterocycles. The van der Waals surface area contributed by atoms with Gasteiger partial charge in [0, 0.05) is 39.0 Å². The molecule has 0 saturated carbocycles. The van der Waals surface area contributed by atoms with Crippen molar-refractivity contribution in [3.05, 3.63) is 62.7 Å². The van der Waals surface area contributed by atoms with Gasteiger partial charge in [0.2, 0.25) is 11.8 Å². The number of aryl methyl sites for hydroxylation is 1. The zero-order valence-corrected chi connectivity index (χ0v) is 20.3. The minimum Gasteiger partial charge on any atom is -0.368 e. The number of imide groups is 1. The number of amides is 2. The quantitative estimate of drug-likeness (QED) is 0.250. The molecule has 2 amide bonds. The maximum absolute atomic E-state index is 13.1. The van der Waals surface area contributed by atoms with E-state index in [1.807, 2.05) is 12.1 Å². The number of nitro groups is 1. The molecular formula is C26H26N6O5. The van der Waals surface area contributed by atoms with Crippen LogP contribution in [0, 0.1) is 27.9 Å². The summed E-state index contributed by atoms with van der Waals surface area (Å²) in [6, 6.07) is 7.92. The topological polar surface area (TPSA) is 132 Å². The zero-order valence-electron chi connectivity index (χ0n) is 20.3. The molecule has 5 rings (SSSR count). The number of pyridine rings is 1. The maximum atomic E-state index is 13.1. The van der Waals surface area contributed by atoms with Crippen LogP contribution in [0.15, 0.2) is 41.3 Å². The van der Waals surface area contributed by atoms with E-state index in [0.717, 1.165) is 37.2 Å². The van der Waals surface area contributed by atoms with Gasteiger partial charge < -0.3 is 15.0 Å². The highest BCUT2D eigenvalue weighted by Crippen LogP contribution is 2.27. The minimum absolute atomic E-state index is 0.158. The first-order chi connectivity index (χ1) is 17.8. The van der Waals surface area contributed by atoms with Crippen LogP contribution in [0.4, 0.5) is 11.5 Å². The number of rotatable bonds is 4. The van der Waals surface area contributed by atoms with E-state index in [1.54, 1.807) is 25.4 Å². The number of benzene rings is 1. The van der Waals surface area contributed by atoms with Gasteiger partial charge in [-0.1, -0.05) is 17.9 Å². The Balaban J connectivity index is 1.29. The van der Waals surface area contributed by atoms with E-state index in [9.17, 15) is 24.5 Å². The summed E-state index contributed by atoms with van der Waals surface area (Å²) in [7, 11) is 1.67. The molecule has 0 radical (unpaired) electrons. The van der Waals surface area contributed by atoms with E-state index >= 15 is 0 Å². The number of nitrogens with zero attached hydrogens (tertiary/aromatic N) is 5. The molecule has 1 unspecified atom stereocenters. The largest absolute Gasteiger partial charge is 0.368 e. The zero-order chi connectivity index (χ0) is 26.1. The van der Waals surface area contributed by atoms with Crippen molar-refractivity contribution in [3.8, 4) is 11.8 Å². The van der Waals surface area contributed by atoms with Crippen molar-refractivity contribution >= 4 is 34.4 Å². The lowest BCUT2D eigenvalue weighted by Gasteiger charge is -2.32. The van der Waals surface area contributed by atoms with Crippen molar-refractivity contribution in [2.45, 2.75) is 38.1 Å². The van der Waals surface area contributed by atoms with Gasteiger partial charge in [0.25, 0.3) is 0 Å². The summed E-state index contributed by atoms with van der Waals surface area (Å²) < 4.78 is 2.98. The van der Waals surface area contributed by atoms with Crippen molar-refractivity contribution in [2.75, 3.05) is 18.0 Å². The summed E-state index contributed by atoms with van der Waals surface area (Å²) in [5.74, 6) is 6.00. The molecule has 1 atom stereocenters. The molecule has 2 fully saturated rings. The van der Waals surface area contributed by atoms with E-state index < -0.39 is 16.9 Å². The van der Waals surface area contributed by atoms with E-state index in [1.165, 1.54) is 15.2 Å². The van der Waals surface area contributed by atoms with E-state index in [2.05, 4.69) is 27.0 Å². The summed E-state index contributed by atoms with van der Waals surface area (Å²) >= 11 is 0. The monoisotopic (exact) mass is 502 g/mol. The van der Waals surface area contributed by atoms with Gasteiger partial charge in [-0.15, -0.1) is 0 Å². The lowest BCUT2D eigenvalue weighted by molar-refractivity contribution is -0.389. The SMILES string of the molecule is Cn1c(=O)n(C2CCC(=O)NC2=O)c2cccc(C#CCC3CCN(c4ccc([N+](=O)[O-])nc4)CC3)c21. The Labute approximate surface area is 212 Å². The normalized spacial score (nSPS) is 18.4. The summed E-state index contributed by atoms with van der Waals surface area (Å²) in [5.41, 5.74) is 2.58. The first kappa shape index (κ1) is 24.2. The van der Waals surface area contributed by atoms with E-state index in [0.29, 0.717) is 23.4 Å². The fraction of sp³-hybridized carbons (Fsp3) is 0.385. The fourth-order valence-electron chi connectivity index (χ4n) is 5.13. The van der Waals surface area contributed by atoms with Crippen LogP contribution in [-0.2, 0) is 16.6 Å². The van der Waals surface area contributed by atoms with Gasteiger partial charge in [-0.25, -0.2) is 4.79 Å². The lowest BCUT2D eigenvalue weighted by Crippen LogP contribution is -2.44. The number of hydrogen-bond acceptors (Lipinski definition) is 7. The average molecular weight is 503 g/mol. The molecule has 11 nitrogen and oxygen atoms in total. The third-order valence-corrected chi connectivity index (χ3v) is 7.14. The maximum Gasteiger partial charge on any atom is 0.363 e. The van der Waals surface area contributed by atoms with Gasteiger partial charge in [-0.2, -0.15) is 0 Å². The molecule has 2 aromatic heterocycles. The van der Waals surface area contributed by atoms with Gasteiger partial charge in [0.1, 0.15) is 6.04 Å². The van der Waals surface area contributed by atoms with Crippen molar-refractivity contribution in [2.24, 2.45) is 13.0 Å². The number of para-hydroxylation sites is 1. The number of piperidine rings is 2. The molecule has 0 bridgehead atoms. The molecular weight excluding hydrogens is 476 g/mol. The lowest BCUT2D eigenvalue weighted by atomic mass is 9.93. The van der Waals surface area contributed by atoms with Crippen LogP contribution < -0.4 is 15.9 Å². The molecule has 1 N–H and O–H groups in total. The molecule has 2 aliphatic rings. The van der Waals surface area contributed by atoms with Gasteiger partial charge >= 0.3 is 11.5 Å². The van der Waals surface area contributed by atoms with Crippen molar-refractivity contribution in [3.63, 3.8) is 0 Å². The average Bonchev–Trinajstić information content (AvgIpc) is 3.15. The van der Waals surface area contributed by atoms with Crippen LogP contribution >= 0.6 is 0 Å². The number of fused-ring (bicyclic) bond motifs is 1. The Morgan fingerprint density at radius 3 is 2.59 bits per heavy atom. The number of carbonyl (C=O) groups excluding carboxylic acids is 2. The first-order valence-electron chi connectivity index (χ1n) is 12.2. The Bertz CT molecular complexity index is 1500. The van der Waals surface area contributed by atoms with Crippen molar-refractivity contribution in [1.29, 1.82) is 0 Å². The predicted molar refractivity (Wildman–Crippen MR) is 136 cm³/mol. The molecule has 3 aromatic rings. The summed E-state index contributed by atoms with van der Waals surface area (Å²) in [5, 5.41) is 13.1. The third-order valence-electron chi connectivity index (χ3n) is 7.14. The second kappa shape index (κ2) is 9.89. The van der Waals surface area contributed by atoms with Crippen molar-refractivity contribution in [1.82, 2.24) is 19.4 Å². The third kappa shape index (κ3) is 4.70. The van der Waals surface area contributed by atoms with E-state index in [-0.39, 0.29) is 30.3 Å². The Morgan fingerprint density at radius 2 is 1.92 bits per heavy atom. The number of carbonyl (C=O) groups is 2. The molecule has 37 heavy (non-hydrogen) atoms. The molecule has 0 spiro atoms. The smallest absolute Gasteiger partial charge is 0.363 e. The minimum atomic E-state index is -0.728. The molecule has 11 heteroatoms. The Morgan fingerprint density at radius 1 is 1.14 bits per heavy atom. The Kier molecular flexibility index (Phi) is 6.48. The van der Waals surface area contributed by atoms with E-state index in [4.69, 9.17) is 0 Å². The highest BCUT2D eigenvalue weighted by atomic mass is 16.6. The molecule has 1 aromatic carbocycles. The van der Waals surface area contributed by atoms with Crippen molar-refractivity contribution < 1.29 is 14.5 Å². The van der Waals surface area contributed by atoms with Gasteiger partial charge in [-0.3, -0.25) is 24.0 Å². The van der Waals surface area contributed by atoms with Crippen LogP contribution in [-0.4, -0.2) is 43.9 Å². The number of aromatic nitrogens is 3. The number of hydrogen-bond donors (Lipinski definition) is 1. The van der Waals surface area contributed by atoms with Crippen LogP contribution in [0.1, 0.15) is 43.7 Å². The predicted octanol–water partition coefficient (Wildman–Crippen LogP) is 2.28. The molecule has 0 aliphatic carbocycles. The summed E-state index contributed by atoms with van der Waals surface area (Å²) in [6.07, 6.45) is 4.63. The number of anilines is 1. The fourth-order valence-corrected chi connectivity index (χ4v) is 5.13. The van der Waals surface area contributed by atoms with Crippen LogP contribution in [0.25, 0.3) is 11.0 Å². The molecule has 2 saturated heterocycles. The summed E-state index contributed by atoms with van der Waals surface area (Å²) in [4.78, 5) is 53.4. The summed E-state index contributed by atoms with van der Waals surface area (Å²) in [6.45, 7) is 1.65.